The van der Waals surface area contributed by atoms with Gasteiger partial charge in [0.05, 0.1) is 5.69 Å². The summed E-state index contributed by atoms with van der Waals surface area (Å²) in [6.07, 6.45) is 0. The van der Waals surface area contributed by atoms with E-state index in [-0.39, 0.29) is 17.7 Å². The average Bonchev–Trinajstić information content (AvgIpc) is 2.62. The zero-order chi connectivity index (χ0) is 14.2. The number of anilines is 2. The number of hydrogen-bond donors (Lipinski definition) is 2. The molecule has 0 unspecified atom stereocenters. The first-order valence-electron chi connectivity index (χ1n) is 6.00. The first-order chi connectivity index (χ1) is 8.88. The highest BCUT2D eigenvalue weighted by Crippen LogP contribution is 2.23. The number of benzene rings is 1. The van der Waals surface area contributed by atoms with Crippen LogP contribution in [0.5, 0.6) is 0 Å². The van der Waals surface area contributed by atoms with E-state index in [0.29, 0.717) is 5.69 Å². The maximum absolute atomic E-state index is 12.1. The Morgan fingerprint density at radius 3 is 2.26 bits per heavy atom. The molecule has 1 aromatic carbocycles. The van der Waals surface area contributed by atoms with Crippen molar-refractivity contribution >= 4 is 17.6 Å². The number of nitrogens with two attached hydrogens (primary N) is 1. The molecular formula is C14H17N3O2. The Bertz CT molecular complexity index is 621. The molecule has 0 aliphatic carbocycles. The number of aryl methyl sites for hydroxylation is 4. The molecule has 2 aromatic rings. The van der Waals surface area contributed by atoms with Gasteiger partial charge < -0.3 is 15.5 Å². The number of oxazole rings is 1. The predicted octanol–water partition coefficient (Wildman–Crippen LogP) is 2.74. The van der Waals surface area contributed by atoms with E-state index in [1.807, 2.05) is 32.9 Å². The summed E-state index contributed by atoms with van der Waals surface area (Å²) in [5.74, 6) is -0.186. The molecule has 0 atom stereocenters. The van der Waals surface area contributed by atoms with Crippen molar-refractivity contribution < 1.29 is 9.21 Å². The summed E-state index contributed by atoms with van der Waals surface area (Å²) >= 11 is 0. The minimum atomic E-state index is -0.336. The summed E-state index contributed by atoms with van der Waals surface area (Å²) in [6.45, 7) is 7.62. The van der Waals surface area contributed by atoms with Gasteiger partial charge in [-0.05, 0) is 38.8 Å². The number of carbonyl (C=O) groups is 1. The highest BCUT2D eigenvalue weighted by Gasteiger charge is 2.18. The van der Waals surface area contributed by atoms with Crippen molar-refractivity contribution in [1.82, 2.24) is 4.98 Å². The Balaban J connectivity index is 2.32. The van der Waals surface area contributed by atoms with Gasteiger partial charge in [-0.3, -0.25) is 4.79 Å². The molecule has 2 rings (SSSR count). The molecule has 0 bridgehead atoms. The van der Waals surface area contributed by atoms with Crippen molar-refractivity contribution in [3.8, 4) is 0 Å². The van der Waals surface area contributed by atoms with Crippen LogP contribution >= 0.6 is 0 Å². The molecule has 5 heteroatoms. The van der Waals surface area contributed by atoms with E-state index in [1.165, 1.54) is 0 Å². The zero-order valence-electron chi connectivity index (χ0n) is 11.5. The Hall–Kier alpha value is -2.30. The molecule has 0 spiro atoms. The third-order valence-corrected chi connectivity index (χ3v) is 2.93. The SMILES string of the molecule is Cc1cc(C)c(NC(=O)c2oc(N)nc2C)c(C)c1. The van der Waals surface area contributed by atoms with Crippen molar-refractivity contribution in [3.63, 3.8) is 0 Å². The molecule has 19 heavy (non-hydrogen) atoms. The third-order valence-electron chi connectivity index (χ3n) is 2.93. The molecule has 5 nitrogen and oxygen atoms in total. The number of amides is 1. The lowest BCUT2D eigenvalue weighted by atomic mass is 10.1. The first-order valence-corrected chi connectivity index (χ1v) is 6.00. The fourth-order valence-electron chi connectivity index (χ4n) is 2.18. The van der Waals surface area contributed by atoms with Crippen molar-refractivity contribution in [2.45, 2.75) is 27.7 Å². The second-order valence-electron chi connectivity index (χ2n) is 4.69. The summed E-state index contributed by atoms with van der Waals surface area (Å²) in [5.41, 5.74) is 9.89. The second kappa shape index (κ2) is 4.76. The lowest BCUT2D eigenvalue weighted by Crippen LogP contribution is -2.14. The van der Waals surface area contributed by atoms with Crippen molar-refractivity contribution in [2.24, 2.45) is 0 Å². The van der Waals surface area contributed by atoms with Crippen LogP contribution < -0.4 is 11.1 Å². The second-order valence-corrected chi connectivity index (χ2v) is 4.69. The summed E-state index contributed by atoms with van der Waals surface area (Å²) in [4.78, 5) is 16.0. The molecule has 0 fully saturated rings. The van der Waals surface area contributed by atoms with Gasteiger partial charge in [-0.25, -0.2) is 0 Å². The Kier molecular flexibility index (Phi) is 3.29. The van der Waals surface area contributed by atoms with Gasteiger partial charge >= 0.3 is 0 Å². The average molecular weight is 259 g/mol. The van der Waals surface area contributed by atoms with E-state index in [2.05, 4.69) is 10.3 Å². The number of hydrogen-bond acceptors (Lipinski definition) is 4. The highest BCUT2D eigenvalue weighted by atomic mass is 16.4. The number of nitrogens with one attached hydrogen (secondary N) is 1. The molecule has 0 saturated heterocycles. The maximum Gasteiger partial charge on any atom is 0.293 e. The first kappa shape index (κ1) is 13.1. The van der Waals surface area contributed by atoms with E-state index >= 15 is 0 Å². The number of nitrogen functional groups attached to an aromatic ring is 1. The molecule has 0 aliphatic heterocycles. The van der Waals surface area contributed by atoms with Crippen molar-refractivity contribution in [1.29, 1.82) is 0 Å². The van der Waals surface area contributed by atoms with Crippen LogP contribution in [0.2, 0.25) is 0 Å². The van der Waals surface area contributed by atoms with Crippen LogP contribution in [0.25, 0.3) is 0 Å². The standard InChI is InChI=1S/C14H17N3O2/c1-7-5-8(2)11(9(3)6-7)17-13(18)12-10(4)16-14(15)19-12/h5-6H,1-4H3,(H2,15,16)(H,17,18). The van der Waals surface area contributed by atoms with Crippen molar-refractivity contribution in [2.75, 3.05) is 11.1 Å². The number of nitrogens with zero attached hydrogens (tertiary/aromatic N) is 1. The Labute approximate surface area is 111 Å². The smallest absolute Gasteiger partial charge is 0.293 e. The van der Waals surface area contributed by atoms with Crippen LogP contribution in [-0.4, -0.2) is 10.9 Å². The topological polar surface area (TPSA) is 81.2 Å². The summed E-state index contributed by atoms with van der Waals surface area (Å²) in [7, 11) is 0. The quantitative estimate of drug-likeness (QED) is 0.868. The van der Waals surface area contributed by atoms with E-state index in [1.54, 1.807) is 6.92 Å². The van der Waals surface area contributed by atoms with Gasteiger partial charge in [0, 0.05) is 5.69 Å². The fraction of sp³-hybridized carbons (Fsp3) is 0.286. The third kappa shape index (κ3) is 2.59. The number of rotatable bonds is 2. The highest BCUT2D eigenvalue weighted by molar-refractivity contribution is 6.04. The number of carbonyl (C=O) groups excluding carboxylic acids is 1. The molecule has 1 amide bonds. The van der Waals surface area contributed by atoms with Gasteiger partial charge in [-0.1, -0.05) is 17.7 Å². The maximum atomic E-state index is 12.1. The van der Waals surface area contributed by atoms with Gasteiger partial charge in [0.15, 0.2) is 0 Å². The van der Waals surface area contributed by atoms with Gasteiger partial charge in [-0.15, -0.1) is 0 Å². The van der Waals surface area contributed by atoms with Gasteiger partial charge in [0.1, 0.15) is 0 Å². The molecule has 0 aliphatic rings. The van der Waals surface area contributed by atoms with Crippen LogP contribution in [-0.2, 0) is 0 Å². The molecule has 100 valence electrons. The lowest BCUT2D eigenvalue weighted by molar-refractivity contribution is 0.0996. The molecule has 1 heterocycles. The molecule has 3 N–H and O–H groups in total. The van der Waals surface area contributed by atoms with Crippen LogP contribution in [0.15, 0.2) is 16.5 Å². The van der Waals surface area contributed by atoms with Gasteiger partial charge in [0.25, 0.3) is 11.9 Å². The fourth-order valence-corrected chi connectivity index (χ4v) is 2.18. The molecular weight excluding hydrogens is 242 g/mol. The minimum Gasteiger partial charge on any atom is -0.418 e. The van der Waals surface area contributed by atoms with Crippen LogP contribution in [0.4, 0.5) is 11.7 Å². The van der Waals surface area contributed by atoms with Gasteiger partial charge in [-0.2, -0.15) is 4.98 Å². The van der Waals surface area contributed by atoms with Crippen molar-refractivity contribution in [3.05, 3.63) is 40.3 Å². The normalized spacial score (nSPS) is 10.5. The van der Waals surface area contributed by atoms with Crippen LogP contribution in [0, 0.1) is 27.7 Å². The zero-order valence-corrected chi connectivity index (χ0v) is 11.5. The Morgan fingerprint density at radius 2 is 1.79 bits per heavy atom. The monoisotopic (exact) mass is 259 g/mol. The van der Waals surface area contributed by atoms with Crippen LogP contribution in [0.3, 0.4) is 0 Å². The summed E-state index contributed by atoms with van der Waals surface area (Å²) in [6, 6.07) is 4.04. The minimum absolute atomic E-state index is 0.000000000000000444. The van der Waals surface area contributed by atoms with E-state index in [0.717, 1.165) is 22.4 Å². The summed E-state index contributed by atoms with van der Waals surface area (Å²) < 4.78 is 5.11. The van der Waals surface area contributed by atoms with E-state index in [9.17, 15) is 4.79 Å². The predicted molar refractivity (Wildman–Crippen MR) is 74.3 cm³/mol. The molecule has 0 saturated carbocycles. The van der Waals surface area contributed by atoms with E-state index in [4.69, 9.17) is 10.2 Å². The molecule has 0 radical (unpaired) electrons. The largest absolute Gasteiger partial charge is 0.418 e. The summed E-state index contributed by atoms with van der Waals surface area (Å²) in [5, 5.41) is 2.85. The molecule has 1 aromatic heterocycles. The Morgan fingerprint density at radius 1 is 1.21 bits per heavy atom. The lowest BCUT2D eigenvalue weighted by Gasteiger charge is -2.11. The van der Waals surface area contributed by atoms with Crippen LogP contribution in [0.1, 0.15) is 32.9 Å². The van der Waals surface area contributed by atoms with E-state index < -0.39 is 0 Å². The van der Waals surface area contributed by atoms with Gasteiger partial charge in [0.2, 0.25) is 5.76 Å². The number of aromatic nitrogens is 1.